The van der Waals surface area contributed by atoms with Crippen molar-refractivity contribution in [1.29, 1.82) is 0 Å². The lowest BCUT2D eigenvalue weighted by Gasteiger charge is -2.39. The van der Waals surface area contributed by atoms with E-state index in [4.69, 9.17) is 21.1 Å². The van der Waals surface area contributed by atoms with Crippen molar-refractivity contribution >= 4 is 29.1 Å². The van der Waals surface area contributed by atoms with Gasteiger partial charge in [0.05, 0.1) is 10.7 Å². The maximum atomic E-state index is 13.5. The SMILES string of the molecule is O=C(COc1ccc(Cl)c(F)c1)NC12CC(C1)C(NC(=O)C1C/C(=N\O)c3cc(F)ccc3O1)C2. The molecule has 0 aromatic heterocycles. The van der Waals surface area contributed by atoms with Crippen LogP contribution in [0.15, 0.2) is 41.6 Å². The average Bonchev–Trinajstić information content (AvgIpc) is 3.32. The van der Waals surface area contributed by atoms with Crippen LogP contribution in [0.2, 0.25) is 5.02 Å². The summed E-state index contributed by atoms with van der Waals surface area (Å²) in [6.45, 7) is -0.274. The molecule has 3 fully saturated rings. The van der Waals surface area contributed by atoms with Crippen LogP contribution in [0.4, 0.5) is 8.78 Å². The molecule has 2 aromatic carbocycles. The van der Waals surface area contributed by atoms with Crippen molar-refractivity contribution in [2.24, 2.45) is 11.1 Å². The highest BCUT2D eigenvalue weighted by Crippen LogP contribution is 2.52. The van der Waals surface area contributed by atoms with Gasteiger partial charge in [0.1, 0.15) is 23.1 Å². The van der Waals surface area contributed by atoms with Crippen LogP contribution in [-0.2, 0) is 9.59 Å². The molecule has 0 radical (unpaired) electrons. The molecule has 2 atom stereocenters. The van der Waals surface area contributed by atoms with Crippen LogP contribution in [-0.4, -0.2) is 47.0 Å². The molecule has 8 nitrogen and oxygen atoms in total. The molecule has 2 unspecified atom stereocenters. The predicted molar refractivity (Wildman–Crippen MR) is 121 cm³/mol. The summed E-state index contributed by atoms with van der Waals surface area (Å²) in [4.78, 5) is 25.3. The van der Waals surface area contributed by atoms with Crippen molar-refractivity contribution < 1.29 is 33.1 Å². The lowest BCUT2D eigenvalue weighted by molar-refractivity contribution is -0.129. The lowest BCUT2D eigenvalue weighted by atomic mass is 9.76. The Balaban J connectivity index is 1.14. The van der Waals surface area contributed by atoms with Crippen LogP contribution in [0.1, 0.15) is 31.2 Å². The number of hydrogen-bond donors (Lipinski definition) is 3. The molecule has 6 rings (SSSR count). The van der Waals surface area contributed by atoms with Gasteiger partial charge in [-0.15, -0.1) is 0 Å². The highest BCUT2D eigenvalue weighted by atomic mass is 35.5. The fourth-order valence-electron chi connectivity index (χ4n) is 5.18. The quantitative estimate of drug-likeness (QED) is 0.413. The maximum absolute atomic E-state index is 13.5. The summed E-state index contributed by atoms with van der Waals surface area (Å²) in [5, 5.41) is 18.5. The topological polar surface area (TPSA) is 109 Å². The molecular formula is C24H22ClF2N3O5. The normalized spacial score (nSPS) is 27.4. The van der Waals surface area contributed by atoms with Crippen LogP contribution < -0.4 is 20.1 Å². The van der Waals surface area contributed by atoms with Crippen molar-refractivity contribution in [2.75, 3.05) is 6.61 Å². The zero-order valence-electron chi connectivity index (χ0n) is 18.4. The van der Waals surface area contributed by atoms with Gasteiger partial charge >= 0.3 is 0 Å². The number of amides is 2. The van der Waals surface area contributed by atoms with Crippen LogP contribution in [0, 0.1) is 17.6 Å². The van der Waals surface area contributed by atoms with E-state index in [-0.39, 0.29) is 59.0 Å². The van der Waals surface area contributed by atoms with E-state index in [1.54, 1.807) is 0 Å². The second-order valence-corrected chi connectivity index (χ2v) is 9.59. The zero-order valence-corrected chi connectivity index (χ0v) is 19.1. The van der Waals surface area contributed by atoms with E-state index < -0.39 is 23.3 Å². The molecule has 1 heterocycles. The summed E-state index contributed by atoms with van der Waals surface area (Å²) in [5.41, 5.74) is 0.0552. The highest BCUT2D eigenvalue weighted by molar-refractivity contribution is 6.30. The highest BCUT2D eigenvalue weighted by Gasteiger charge is 2.57. The number of halogens is 3. The molecule has 184 valence electrons. The zero-order chi connectivity index (χ0) is 24.7. The summed E-state index contributed by atoms with van der Waals surface area (Å²) < 4.78 is 38.1. The third-order valence-electron chi connectivity index (χ3n) is 6.79. The van der Waals surface area contributed by atoms with Crippen molar-refractivity contribution in [2.45, 2.75) is 43.4 Å². The summed E-state index contributed by atoms with van der Waals surface area (Å²) in [6, 6.07) is 7.60. The van der Waals surface area contributed by atoms with Gasteiger partial charge in [-0.1, -0.05) is 16.8 Å². The Labute approximate surface area is 204 Å². The molecule has 11 heteroatoms. The molecule has 3 aliphatic carbocycles. The van der Waals surface area contributed by atoms with Crippen molar-refractivity contribution in [1.82, 2.24) is 10.6 Å². The second kappa shape index (κ2) is 8.99. The van der Waals surface area contributed by atoms with Crippen LogP contribution in [0.3, 0.4) is 0 Å². The first kappa shape index (κ1) is 23.3. The van der Waals surface area contributed by atoms with E-state index in [9.17, 15) is 23.6 Å². The smallest absolute Gasteiger partial charge is 0.261 e. The Morgan fingerprint density at radius 1 is 1.20 bits per heavy atom. The Kier molecular flexibility index (Phi) is 6.00. The van der Waals surface area contributed by atoms with Gasteiger partial charge in [-0.25, -0.2) is 8.78 Å². The fraction of sp³-hybridized carbons (Fsp3) is 0.375. The Morgan fingerprint density at radius 3 is 2.74 bits per heavy atom. The van der Waals surface area contributed by atoms with Crippen LogP contribution in [0.5, 0.6) is 11.5 Å². The number of hydrogen-bond acceptors (Lipinski definition) is 6. The molecule has 3 saturated carbocycles. The summed E-state index contributed by atoms with van der Waals surface area (Å²) >= 11 is 5.64. The number of carbonyl (C=O) groups excluding carboxylic acids is 2. The van der Waals surface area contributed by atoms with Gasteiger partial charge in [-0.05, 0) is 55.5 Å². The first-order valence-corrected chi connectivity index (χ1v) is 11.5. The van der Waals surface area contributed by atoms with E-state index in [1.165, 1.54) is 30.3 Å². The summed E-state index contributed by atoms with van der Waals surface area (Å²) in [6.07, 6.45) is 1.07. The van der Waals surface area contributed by atoms with Crippen LogP contribution in [0.25, 0.3) is 0 Å². The first-order valence-electron chi connectivity index (χ1n) is 11.1. The van der Waals surface area contributed by atoms with Gasteiger partial charge in [0.25, 0.3) is 11.8 Å². The van der Waals surface area contributed by atoms with Crippen molar-refractivity contribution in [3.8, 4) is 11.5 Å². The number of carbonyl (C=O) groups is 2. The average molecular weight is 506 g/mol. The molecule has 3 N–H and O–H groups in total. The van der Waals surface area contributed by atoms with Gasteiger partial charge in [-0.3, -0.25) is 9.59 Å². The first-order chi connectivity index (χ1) is 16.7. The number of nitrogens with one attached hydrogen (secondary N) is 2. The van der Waals surface area contributed by atoms with Crippen LogP contribution >= 0.6 is 11.6 Å². The third kappa shape index (κ3) is 4.62. The molecule has 0 saturated heterocycles. The Hall–Kier alpha value is -3.40. The number of ether oxygens (including phenoxy) is 2. The lowest BCUT2D eigenvalue weighted by Crippen LogP contribution is -2.53. The van der Waals surface area contributed by atoms with E-state index in [2.05, 4.69) is 15.8 Å². The van der Waals surface area contributed by atoms with E-state index in [1.807, 2.05) is 0 Å². The van der Waals surface area contributed by atoms with Gasteiger partial charge in [0, 0.05) is 29.6 Å². The minimum Gasteiger partial charge on any atom is -0.484 e. The fourth-order valence-corrected chi connectivity index (χ4v) is 5.30. The van der Waals surface area contributed by atoms with E-state index in [0.717, 1.165) is 18.9 Å². The molecule has 2 aromatic rings. The van der Waals surface area contributed by atoms with Gasteiger partial charge in [-0.2, -0.15) is 0 Å². The number of fused-ring (bicyclic) bond motifs is 2. The molecule has 2 amide bonds. The van der Waals surface area contributed by atoms with Gasteiger partial charge < -0.3 is 25.3 Å². The molecule has 4 aliphatic rings. The number of nitrogens with zero attached hydrogens (tertiary/aromatic N) is 1. The minimum absolute atomic E-state index is 0.000678. The molecular weight excluding hydrogens is 484 g/mol. The van der Waals surface area contributed by atoms with Crippen molar-refractivity contribution in [3.63, 3.8) is 0 Å². The summed E-state index contributed by atoms with van der Waals surface area (Å²) in [5.74, 6) is -1.16. The maximum Gasteiger partial charge on any atom is 0.261 e. The van der Waals surface area contributed by atoms with Gasteiger partial charge in [0.2, 0.25) is 0 Å². The summed E-state index contributed by atoms with van der Waals surface area (Å²) in [7, 11) is 0. The predicted octanol–water partition coefficient (Wildman–Crippen LogP) is 3.18. The molecule has 2 bridgehead atoms. The number of oxime groups is 1. The molecule has 0 spiro atoms. The van der Waals surface area contributed by atoms with E-state index >= 15 is 0 Å². The van der Waals surface area contributed by atoms with E-state index in [0.29, 0.717) is 12.0 Å². The standard InChI is InChI=1S/C24H22ClF2N3O5/c25-16-3-2-14(6-17(16)27)34-11-22(31)29-24-8-12(9-24)19(10-24)28-23(32)21-7-18(30-33)15-5-13(26)1-4-20(15)35-21/h1-6,12,19,21,33H,7-11H2,(H,28,32)(H,29,31)/b30-18+. The Bertz CT molecular complexity index is 1220. The second-order valence-electron chi connectivity index (χ2n) is 9.18. The largest absolute Gasteiger partial charge is 0.484 e. The Morgan fingerprint density at radius 2 is 2.00 bits per heavy atom. The third-order valence-corrected chi connectivity index (χ3v) is 7.10. The molecule has 35 heavy (non-hydrogen) atoms. The minimum atomic E-state index is -0.921. The monoisotopic (exact) mass is 505 g/mol. The van der Waals surface area contributed by atoms with Gasteiger partial charge in [0.15, 0.2) is 12.7 Å². The molecule has 1 aliphatic heterocycles. The number of rotatable bonds is 6. The van der Waals surface area contributed by atoms with Crippen molar-refractivity contribution in [3.05, 3.63) is 58.6 Å². The number of benzene rings is 2.